The molecule has 0 bridgehead atoms. The zero-order valence-corrected chi connectivity index (χ0v) is 15.4. The van der Waals surface area contributed by atoms with Crippen molar-refractivity contribution in [1.82, 2.24) is 0 Å². The summed E-state index contributed by atoms with van der Waals surface area (Å²) in [6.45, 7) is 2.25. The highest BCUT2D eigenvalue weighted by atomic mass is 14.1. The Morgan fingerprint density at radius 1 is 0.615 bits per heavy atom. The maximum atomic E-state index is 2.27. The Morgan fingerprint density at radius 3 is 1.85 bits per heavy atom. The normalized spacial score (nSPS) is 11.4. The van der Waals surface area contributed by atoms with E-state index in [4.69, 9.17) is 0 Å². The van der Waals surface area contributed by atoms with E-state index >= 15 is 0 Å². The van der Waals surface area contributed by atoms with Gasteiger partial charge in [0.2, 0.25) is 0 Å². The van der Waals surface area contributed by atoms with E-state index in [1.54, 1.807) is 0 Å². The van der Waals surface area contributed by atoms with Crippen LogP contribution >= 0.6 is 0 Å². The van der Waals surface area contributed by atoms with Crippen LogP contribution in [0.25, 0.3) is 24.3 Å². The second kappa shape index (κ2) is 9.58. The SMILES string of the molecule is CCCCc1cccc(C=Cc2ccccc2)c1C=Cc1ccccc1. The minimum Gasteiger partial charge on any atom is -0.0654 e. The number of unbranched alkanes of at least 4 members (excludes halogenated alkanes) is 1. The summed E-state index contributed by atoms with van der Waals surface area (Å²) < 4.78 is 0. The quantitative estimate of drug-likeness (QED) is 0.394. The molecular weight excluding hydrogens is 312 g/mol. The van der Waals surface area contributed by atoms with Crippen LogP contribution in [0.15, 0.2) is 78.9 Å². The van der Waals surface area contributed by atoms with Crippen LogP contribution in [0.3, 0.4) is 0 Å². The van der Waals surface area contributed by atoms with Gasteiger partial charge in [0.15, 0.2) is 0 Å². The second-order valence-electron chi connectivity index (χ2n) is 6.51. The summed E-state index contributed by atoms with van der Waals surface area (Å²) >= 11 is 0. The van der Waals surface area contributed by atoms with E-state index in [0.29, 0.717) is 0 Å². The Labute approximate surface area is 157 Å². The fourth-order valence-corrected chi connectivity index (χ4v) is 3.06. The van der Waals surface area contributed by atoms with Gasteiger partial charge in [-0.25, -0.2) is 0 Å². The van der Waals surface area contributed by atoms with Crippen LogP contribution in [-0.2, 0) is 6.42 Å². The number of rotatable bonds is 7. The first-order chi connectivity index (χ1) is 12.9. The van der Waals surface area contributed by atoms with Gasteiger partial charge in [-0.3, -0.25) is 0 Å². The van der Waals surface area contributed by atoms with Gasteiger partial charge < -0.3 is 0 Å². The highest BCUT2D eigenvalue weighted by Gasteiger charge is 2.04. The standard InChI is InChI=1S/C26H26/c1-2-3-15-24-16-10-17-25(20-18-22-11-6-4-7-12-22)26(24)21-19-23-13-8-5-9-14-23/h4-14,16-21H,2-3,15H2,1H3. The van der Waals surface area contributed by atoms with Crippen LogP contribution in [0, 0.1) is 0 Å². The van der Waals surface area contributed by atoms with Crippen molar-refractivity contribution >= 4 is 24.3 Å². The van der Waals surface area contributed by atoms with Gasteiger partial charge in [-0.15, -0.1) is 0 Å². The molecule has 0 atom stereocenters. The molecular formula is C26H26. The summed E-state index contributed by atoms with van der Waals surface area (Å²) in [5, 5.41) is 0. The van der Waals surface area contributed by atoms with Gasteiger partial charge in [0, 0.05) is 0 Å². The number of benzene rings is 3. The molecule has 0 saturated carbocycles. The molecule has 0 spiro atoms. The van der Waals surface area contributed by atoms with E-state index in [1.807, 2.05) is 0 Å². The molecule has 0 fully saturated rings. The van der Waals surface area contributed by atoms with E-state index in [2.05, 4.69) is 110 Å². The molecule has 26 heavy (non-hydrogen) atoms. The second-order valence-corrected chi connectivity index (χ2v) is 6.51. The summed E-state index contributed by atoms with van der Waals surface area (Å²) in [6.07, 6.45) is 12.5. The Kier molecular flexibility index (Phi) is 6.61. The predicted octanol–water partition coefficient (Wildman–Crippen LogP) is 7.37. The van der Waals surface area contributed by atoms with Crippen molar-refractivity contribution < 1.29 is 0 Å². The fourth-order valence-electron chi connectivity index (χ4n) is 3.06. The largest absolute Gasteiger partial charge is 0.0654 e. The van der Waals surface area contributed by atoms with E-state index in [1.165, 1.54) is 40.7 Å². The van der Waals surface area contributed by atoms with Gasteiger partial charge in [0.05, 0.1) is 0 Å². The molecule has 0 amide bonds. The molecule has 3 rings (SSSR count). The molecule has 0 heteroatoms. The lowest BCUT2D eigenvalue weighted by atomic mass is 9.95. The van der Waals surface area contributed by atoms with Crippen LogP contribution < -0.4 is 0 Å². The Balaban J connectivity index is 1.94. The van der Waals surface area contributed by atoms with E-state index in [0.717, 1.165) is 6.42 Å². The highest BCUT2D eigenvalue weighted by molar-refractivity contribution is 5.80. The van der Waals surface area contributed by atoms with Gasteiger partial charge in [0.1, 0.15) is 0 Å². The smallest absolute Gasteiger partial charge is 0.0152 e. The molecule has 0 saturated heterocycles. The zero-order valence-electron chi connectivity index (χ0n) is 15.4. The van der Waals surface area contributed by atoms with Gasteiger partial charge >= 0.3 is 0 Å². The van der Waals surface area contributed by atoms with Gasteiger partial charge in [-0.1, -0.05) is 117 Å². The summed E-state index contributed by atoms with van der Waals surface area (Å²) in [6, 6.07) is 27.6. The third-order valence-electron chi connectivity index (χ3n) is 4.53. The molecule has 0 aliphatic heterocycles. The number of hydrogen-bond donors (Lipinski definition) is 0. The van der Waals surface area contributed by atoms with E-state index in [9.17, 15) is 0 Å². The zero-order chi connectivity index (χ0) is 18.0. The molecule has 0 unspecified atom stereocenters. The maximum Gasteiger partial charge on any atom is -0.0152 e. The van der Waals surface area contributed by atoms with Crippen molar-refractivity contribution in [2.24, 2.45) is 0 Å². The summed E-state index contributed by atoms with van der Waals surface area (Å²) in [4.78, 5) is 0. The molecule has 3 aromatic rings. The van der Waals surface area contributed by atoms with Crippen molar-refractivity contribution in [2.45, 2.75) is 26.2 Å². The highest BCUT2D eigenvalue weighted by Crippen LogP contribution is 2.22. The molecule has 3 aromatic carbocycles. The Hall–Kier alpha value is -2.86. The van der Waals surface area contributed by atoms with Gasteiger partial charge in [0.25, 0.3) is 0 Å². The minimum atomic E-state index is 1.12. The fraction of sp³-hybridized carbons (Fsp3) is 0.154. The topological polar surface area (TPSA) is 0 Å². The van der Waals surface area contributed by atoms with Gasteiger partial charge in [-0.05, 0) is 40.7 Å². The third-order valence-corrected chi connectivity index (χ3v) is 4.53. The molecule has 0 aliphatic carbocycles. The van der Waals surface area contributed by atoms with E-state index < -0.39 is 0 Å². The monoisotopic (exact) mass is 338 g/mol. The predicted molar refractivity (Wildman–Crippen MR) is 116 cm³/mol. The average Bonchev–Trinajstić information content (AvgIpc) is 2.71. The van der Waals surface area contributed by atoms with Crippen LogP contribution in [0.4, 0.5) is 0 Å². The molecule has 0 aliphatic rings. The Morgan fingerprint density at radius 2 is 1.23 bits per heavy atom. The third kappa shape index (κ3) is 5.07. The number of hydrogen-bond acceptors (Lipinski definition) is 0. The lowest BCUT2D eigenvalue weighted by Gasteiger charge is -2.10. The summed E-state index contributed by atoms with van der Waals surface area (Å²) in [7, 11) is 0. The van der Waals surface area contributed by atoms with Crippen LogP contribution in [0.5, 0.6) is 0 Å². The van der Waals surface area contributed by atoms with Crippen molar-refractivity contribution in [1.29, 1.82) is 0 Å². The molecule has 0 radical (unpaired) electrons. The Bertz CT molecular complexity index is 855. The summed E-state index contributed by atoms with van der Waals surface area (Å²) in [5.74, 6) is 0. The first-order valence-electron chi connectivity index (χ1n) is 9.45. The molecule has 0 nitrogen and oxygen atoms in total. The van der Waals surface area contributed by atoms with Crippen molar-refractivity contribution in [3.63, 3.8) is 0 Å². The van der Waals surface area contributed by atoms with Crippen molar-refractivity contribution in [3.8, 4) is 0 Å². The van der Waals surface area contributed by atoms with Crippen molar-refractivity contribution in [2.75, 3.05) is 0 Å². The molecule has 130 valence electrons. The first kappa shape index (κ1) is 17.9. The number of aryl methyl sites for hydroxylation is 1. The molecule has 0 aromatic heterocycles. The average molecular weight is 338 g/mol. The molecule has 0 heterocycles. The van der Waals surface area contributed by atoms with Crippen LogP contribution in [-0.4, -0.2) is 0 Å². The lowest BCUT2D eigenvalue weighted by Crippen LogP contribution is -1.92. The van der Waals surface area contributed by atoms with Gasteiger partial charge in [-0.2, -0.15) is 0 Å². The lowest BCUT2D eigenvalue weighted by molar-refractivity contribution is 0.794. The first-order valence-corrected chi connectivity index (χ1v) is 9.45. The minimum absolute atomic E-state index is 1.12. The summed E-state index contributed by atoms with van der Waals surface area (Å²) in [5.41, 5.74) is 6.49. The van der Waals surface area contributed by atoms with E-state index in [-0.39, 0.29) is 0 Å². The van der Waals surface area contributed by atoms with Crippen molar-refractivity contribution in [3.05, 3.63) is 107 Å². The maximum absolute atomic E-state index is 2.27. The van der Waals surface area contributed by atoms with Crippen LogP contribution in [0.1, 0.15) is 47.6 Å². The van der Waals surface area contributed by atoms with Crippen LogP contribution in [0.2, 0.25) is 0 Å². The molecule has 0 N–H and O–H groups in total.